The standard InChI is InChI=1S/C8H17BrFNO2S/c1-2-7-14(12,13)8-5-3-4-6-11(9)10/h2-8H2,1H3. The van der Waals surface area contributed by atoms with Gasteiger partial charge in [-0.1, -0.05) is 17.5 Å². The van der Waals surface area contributed by atoms with Gasteiger partial charge in [-0.15, -0.1) is 4.48 Å². The molecule has 0 unspecified atom stereocenters. The monoisotopic (exact) mass is 289 g/mol. The van der Waals surface area contributed by atoms with Crippen LogP contribution in [0, 0.1) is 0 Å². The van der Waals surface area contributed by atoms with Crippen LogP contribution in [0.1, 0.15) is 32.6 Å². The maximum atomic E-state index is 12.1. The molecule has 0 aromatic rings. The van der Waals surface area contributed by atoms with Crippen LogP contribution in [0.3, 0.4) is 0 Å². The highest BCUT2D eigenvalue weighted by molar-refractivity contribution is 9.07. The quantitative estimate of drug-likeness (QED) is 0.509. The molecule has 0 N–H and O–H groups in total. The first kappa shape index (κ1) is 14.3. The zero-order valence-electron chi connectivity index (χ0n) is 8.38. The summed E-state index contributed by atoms with van der Waals surface area (Å²) in [6.45, 7) is 2.15. The van der Waals surface area contributed by atoms with E-state index in [1.165, 1.54) is 0 Å². The van der Waals surface area contributed by atoms with Crippen molar-refractivity contribution in [1.82, 2.24) is 4.15 Å². The van der Waals surface area contributed by atoms with E-state index in [-0.39, 0.29) is 11.5 Å². The van der Waals surface area contributed by atoms with Gasteiger partial charge in [-0.3, -0.25) is 0 Å². The Morgan fingerprint density at radius 1 is 1.21 bits per heavy atom. The topological polar surface area (TPSA) is 37.4 Å². The molecule has 0 aliphatic carbocycles. The maximum Gasteiger partial charge on any atom is 0.150 e. The normalized spacial score (nSPS) is 12.3. The highest BCUT2D eigenvalue weighted by Gasteiger charge is 2.08. The van der Waals surface area contributed by atoms with Crippen molar-refractivity contribution in [2.24, 2.45) is 0 Å². The Morgan fingerprint density at radius 3 is 2.36 bits per heavy atom. The van der Waals surface area contributed by atoms with Gasteiger partial charge in [0.1, 0.15) is 9.84 Å². The molecule has 14 heavy (non-hydrogen) atoms. The van der Waals surface area contributed by atoms with Crippen LogP contribution in [0.25, 0.3) is 0 Å². The largest absolute Gasteiger partial charge is 0.229 e. The van der Waals surface area contributed by atoms with E-state index < -0.39 is 9.84 Å². The number of rotatable bonds is 8. The summed E-state index contributed by atoms with van der Waals surface area (Å²) in [6.07, 6.45) is 2.71. The summed E-state index contributed by atoms with van der Waals surface area (Å²) in [6, 6.07) is 0. The highest BCUT2D eigenvalue weighted by atomic mass is 79.9. The molecule has 0 fully saturated rings. The molecule has 6 heteroatoms. The van der Waals surface area contributed by atoms with Crippen molar-refractivity contribution in [1.29, 1.82) is 0 Å². The molecule has 0 atom stereocenters. The summed E-state index contributed by atoms with van der Waals surface area (Å²) in [5, 5.41) is 0. The fraction of sp³-hybridized carbons (Fsp3) is 1.00. The smallest absolute Gasteiger partial charge is 0.150 e. The minimum atomic E-state index is -2.85. The van der Waals surface area contributed by atoms with Crippen LogP contribution in [0.5, 0.6) is 0 Å². The summed E-state index contributed by atoms with van der Waals surface area (Å²) >= 11 is 2.64. The molecule has 86 valence electrons. The Kier molecular flexibility index (Phi) is 7.76. The second kappa shape index (κ2) is 7.59. The van der Waals surface area contributed by atoms with Gasteiger partial charge in [-0.25, -0.2) is 8.42 Å². The number of unbranched alkanes of at least 4 members (excludes halogenated alkanes) is 2. The van der Waals surface area contributed by atoms with Gasteiger partial charge in [-0.2, -0.15) is 0 Å². The van der Waals surface area contributed by atoms with Crippen molar-refractivity contribution in [3.63, 3.8) is 0 Å². The van der Waals surface area contributed by atoms with E-state index in [0.717, 1.165) is 6.42 Å². The Hall–Kier alpha value is 0.320. The number of sulfone groups is 1. The third kappa shape index (κ3) is 8.90. The average molecular weight is 290 g/mol. The van der Waals surface area contributed by atoms with Crippen molar-refractivity contribution in [3.8, 4) is 0 Å². The summed E-state index contributed by atoms with van der Waals surface area (Å²) in [5.41, 5.74) is 0. The van der Waals surface area contributed by atoms with E-state index >= 15 is 0 Å². The Morgan fingerprint density at radius 2 is 1.86 bits per heavy atom. The molecule has 0 bridgehead atoms. The van der Waals surface area contributed by atoms with Crippen LogP contribution < -0.4 is 0 Å². The number of hydrogen-bond donors (Lipinski definition) is 0. The number of halogens is 2. The van der Waals surface area contributed by atoms with Crippen LogP contribution in [-0.2, 0) is 9.84 Å². The first-order valence-electron chi connectivity index (χ1n) is 4.77. The third-order valence-electron chi connectivity index (χ3n) is 1.80. The molecule has 0 aliphatic rings. The number of nitrogens with zero attached hydrogens (tertiary/aromatic N) is 1. The fourth-order valence-corrected chi connectivity index (χ4v) is 2.86. The summed E-state index contributed by atoms with van der Waals surface area (Å²) in [4.78, 5) is 0. The van der Waals surface area contributed by atoms with Gasteiger partial charge in [0.15, 0.2) is 0 Å². The molecule has 0 amide bonds. The predicted molar refractivity (Wildman–Crippen MR) is 59.5 cm³/mol. The third-order valence-corrected chi connectivity index (χ3v) is 4.09. The molecule has 0 saturated carbocycles. The van der Waals surface area contributed by atoms with Crippen molar-refractivity contribution >= 4 is 26.0 Å². The average Bonchev–Trinajstić information content (AvgIpc) is 2.02. The van der Waals surface area contributed by atoms with E-state index in [9.17, 15) is 12.9 Å². The van der Waals surface area contributed by atoms with Crippen molar-refractivity contribution in [2.75, 3.05) is 18.1 Å². The zero-order chi connectivity index (χ0) is 11.0. The molecule has 0 rings (SSSR count). The Bertz CT molecular complexity index is 231. The SMILES string of the molecule is CCCS(=O)(=O)CCCCCN(F)Br. The lowest BCUT2D eigenvalue weighted by Gasteiger charge is -2.03. The van der Waals surface area contributed by atoms with Gasteiger partial charge in [0.05, 0.1) is 5.75 Å². The van der Waals surface area contributed by atoms with Gasteiger partial charge in [0, 0.05) is 28.4 Å². The van der Waals surface area contributed by atoms with Gasteiger partial charge < -0.3 is 0 Å². The van der Waals surface area contributed by atoms with Crippen LogP contribution >= 0.6 is 16.1 Å². The molecule has 0 aromatic carbocycles. The van der Waals surface area contributed by atoms with E-state index in [4.69, 9.17) is 0 Å². The van der Waals surface area contributed by atoms with Crippen LogP contribution in [-0.4, -0.2) is 30.6 Å². The van der Waals surface area contributed by atoms with Crippen LogP contribution in [0.4, 0.5) is 4.48 Å². The number of hydrogen-bond acceptors (Lipinski definition) is 3. The van der Waals surface area contributed by atoms with Gasteiger partial charge in [0.25, 0.3) is 0 Å². The van der Waals surface area contributed by atoms with Crippen molar-refractivity contribution in [2.45, 2.75) is 32.6 Å². The van der Waals surface area contributed by atoms with Crippen LogP contribution in [0.15, 0.2) is 0 Å². The summed E-state index contributed by atoms with van der Waals surface area (Å²) in [7, 11) is -2.85. The molecule has 0 aliphatic heterocycles. The van der Waals surface area contributed by atoms with E-state index in [0.29, 0.717) is 30.0 Å². The first-order valence-corrected chi connectivity index (χ1v) is 7.30. The van der Waals surface area contributed by atoms with Crippen LogP contribution in [0.2, 0.25) is 0 Å². The molecular weight excluding hydrogens is 273 g/mol. The minimum absolute atomic E-state index is 0.232. The second-order valence-electron chi connectivity index (χ2n) is 3.24. The maximum absolute atomic E-state index is 12.1. The molecule has 0 heterocycles. The lowest BCUT2D eigenvalue weighted by atomic mass is 10.2. The Balaban J connectivity index is 3.45. The molecule has 0 saturated heterocycles. The lowest BCUT2D eigenvalue weighted by molar-refractivity contribution is 0.168. The molecule has 3 nitrogen and oxygen atoms in total. The highest BCUT2D eigenvalue weighted by Crippen LogP contribution is 2.05. The minimum Gasteiger partial charge on any atom is -0.229 e. The second-order valence-corrected chi connectivity index (χ2v) is 6.31. The zero-order valence-corrected chi connectivity index (χ0v) is 10.8. The van der Waals surface area contributed by atoms with Crippen molar-refractivity contribution < 1.29 is 12.9 Å². The molecular formula is C8H17BrFNO2S. The fourth-order valence-electron chi connectivity index (χ4n) is 1.14. The lowest BCUT2D eigenvalue weighted by Crippen LogP contribution is -2.10. The molecule has 0 spiro atoms. The summed E-state index contributed by atoms with van der Waals surface area (Å²) in [5.74, 6) is 0.496. The predicted octanol–water partition coefficient (Wildman–Crippen LogP) is 2.48. The summed E-state index contributed by atoms with van der Waals surface area (Å²) < 4.78 is 35.0. The Labute approximate surface area is 93.9 Å². The van der Waals surface area contributed by atoms with E-state index in [1.807, 2.05) is 6.92 Å². The van der Waals surface area contributed by atoms with Gasteiger partial charge in [0.2, 0.25) is 0 Å². The van der Waals surface area contributed by atoms with E-state index in [1.54, 1.807) is 0 Å². The molecule has 0 aromatic heterocycles. The first-order chi connectivity index (χ1) is 6.48. The van der Waals surface area contributed by atoms with Crippen molar-refractivity contribution in [3.05, 3.63) is 0 Å². The van der Waals surface area contributed by atoms with Gasteiger partial charge >= 0.3 is 0 Å². The molecule has 0 radical (unpaired) electrons. The van der Waals surface area contributed by atoms with Gasteiger partial charge in [-0.05, 0) is 19.3 Å². The van der Waals surface area contributed by atoms with E-state index in [2.05, 4.69) is 16.1 Å².